The molecule has 0 saturated heterocycles. The molecule has 0 fully saturated rings. The Morgan fingerprint density at radius 2 is 1.87 bits per heavy atom. The lowest BCUT2D eigenvalue weighted by Gasteiger charge is -2.11. The third-order valence-electron chi connectivity index (χ3n) is 2.92. The Morgan fingerprint density at radius 1 is 1.09 bits per heavy atom. The van der Waals surface area contributed by atoms with Crippen molar-refractivity contribution >= 4 is 17.5 Å². The number of rotatable bonds is 8. The van der Waals surface area contributed by atoms with Crippen molar-refractivity contribution in [2.75, 3.05) is 26.9 Å². The molecule has 2 aromatic carbocycles. The van der Waals surface area contributed by atoms with Gasteiger partial charge in [-0.2, -0.15) is 0 Å². The maximum absolute atomic E-state index is 11.7. The fourth-order valence-corrected chi connectivity index (χ4v) is 2.03. The predicted octanol–water partition coefficient (Wildman–Crippen LogP) is 2.92. The Morgan fingerprint density at radius 3 is 2.61 bits per heavy atom. The zero-order valence-corrected chi connectivity index (χ0v) is 13.5. The topological polar surface area (TPSA) is 56.8 Å². The molecular formula is C17H18ClNO4. The van der Waals surface area contributed by atoms with E-state index < -0.39 is 0 Å². The zero-order chi connectivity index (χ0) is 16.5. The van der Waals surface area contributed by atoms with E-state index in [0.717, 1.165) is 0 Å². The Kier molecular flexibility index (Phi) is 6.56. The van der Waals surface area contributed by atoms with Gasteiger partial charge in [0.2, 0.25) is 0 Å². The summed E-state index contributed by atoms with van der Waals surface area (Å²) < 4.78 is 16.0. The van der Waals surface area contributed by atoms with Gasteiger partial charge in [-0.15, -0.1) is 0 Å². The van der Waals surface area contributed by atoms with Gasteiger partial charge in [0, 0.05) is 5.02 Å². The van der Waals surface area contributed by atoms with Crippen LogP contribution in [0.15, 0.2) is 48.5 Å². The molecule has 0 saturated carbocycles. The smallest absolute Gasteiger partial charge is 0.258 e. The second-order valence-electron chi connectivity index (χ2n) is 4.60. The lowest BCUT2D eigenvalue weighted by Crippen LogP contribution is -2.32. The molecule has 2 aromatic rings. The Balaban J connectivity index is 1.67. The molecule has 0 unspecified atom stereocenters. The fraction of sp³-hybridized carbons (Fsp3) is 0.235. The molecule has 0 atom stereocenters. The average molecular weight is 336 g/mol. The van der Waals surface area contributed by atoms with Gasteiger partial charge in [0.15, 0.2) is 18.1 Å². The molecule has 0 radical (unpaired) electrons. The van der Waals surface area contributed by atoms with E-state index in [-0.39, 0.29) is 12.5 Å². The number of halogens is 1. The Hall–Kier alpha value is -2.40. The highest BCUT2D eigenvalue weighted by Crippen LogP contribution is 2.25. The first-order valence-electron chi connectivity index (χ1n) is 7.10. The van der Waals surface area contributed by atoms with Gasteiger partial charge in [-0.3, -0.25) is 4.79 Å². The van der Waals surface area contributed by atoms with Gasteiger partial charge in [-0.25, -0.2) is 0 Å². The molecule has 0 aliphatic heterocycles. The van der Waals surface area contributed by atoms with Gasteiger partial charge in [0.05, 0.1) is 13.7 Å². The molecule has 2 rings (SSSR count). The van der Waals surface area contributed by atoms with E-state index in [4.69, 9.17) is 25.8 Å². The maximum Gasteiger partial charge on any atom is 0.258 e. The van der Waals surface area contributed by atoms with Gasteiger partial charge in [-0.05, 0) is 30.3 Å². The number of methoxy groups -OCH3 is 1. The molecule has 0 heterocycles. The number of benzene rings is 2. The summed E-state index contributed by atoms with van der Waals surface area (Å²) in [6, 6.07) is 14.3. The van der Waals surface area contributed by atoms with Crippen LogP contribution in [0.4, 0.5) is 0 Å². The summed E-state index contributed by atoms with van der Waals surface area (Å²) in [6.45, 7) is 0.638. The van der Waals surface area contributed by atoms with Crippen LogP contribution in [0, 0.1) is 0 Å². The van der Waals surface area contributed by atoms with Gasteiger partial charge in [0.25, 0.3) is 5.91 Å². The molecule has 23 heavy (non-hydrogen) atoms. The number of carbonyl (C=O) groups is 1. The fourth-order valence-electron chi connectivity index (χ4n) is 1.85. The van der Waals surface area contributed by atoms with Crippen molar-refractivity contribution in [1.82, 2.24) is 5.32 Å². The first-order valence-corrected chi connectivity index (χ1v) is 7.47. The monoisotopic (exact) mass is 335 g/mol. The minimum atomic E-state index is -0.231. The second-order valence-corrected chi connectivity index (χ2v) is 5.03. The molecule has 6 heteroatoms. The van der Waals surface area contributed by atoms with Crippen LogP contribution in [0.25, 0.3) is 0 Å². The summed E-state index contributed by atoms with van der Waals surface area (Å²) in [5, 5.41) is 3.32. The number of nitrogens with one attached hydrogen (secondary N) is 1. The van der Waals surface area contributed by atoms with Crippen LogP contribution in [0.1, 0.15) is 0 Å². The largest absolute Gasteiger partial charge is 0.493 e. The van der Waals surface area contributed by atoms with Crippen molar-refractivity contribution in [3.63, 3.8) is 0 Å². The lowest BCUT2D eigenvalue weighted by atomic mass is 10.3. The highest BCUT2D eigenvalue weighted by Gasteiger charge is 2.06. The van der Waals surface area contributed by atoms with Crippen LogP contribution in [0.3, 0.4) is 0 Å². The highest BCUT2D eigenvalue weighted by atomic mass is 35.5. The predicted molar refractivity (Wildman–Crippen MR) is 88.4 cm³/mol. The molecule has 122 valence electrons. The van der Waals surface area contributed by atoms with Crippen molar-refractivity contribution < 1.29 is 19.0 Å². The SMILES string of the molecule is COc1ccccc1OCC(=O)NCCOc1cccc(Cl)c1. The van der Waals surface area contributed by atoms with Crippen LogP contribution in [-0.4, -0.2) is 32.8 Å². The first-order chi connectivity index (χ1) is 11.2. The van der Waals surface area contributed by atoms with Crippen LogP contribution in [-0.2, 0) is 4.79 Å². The van der Waals surface area contributed by atoms with Crippen LogP contribution < -0.4 is 19.5 Å². The van der Waals surface area contributed by atoms with E-state index in [0.29, 0.717) is 35.4 Å². The average Bonchev–Trinajstić information content (AvgIpc) is 2.57. The number of hydrogen-bond donors (Lipinski definition) is 1. The number of amides is 1. The highest BCUT2D eigenvalue weighted by molar-refractivity contribution is 6.30. The molecule has 5 nitrogen and oxygen atoms in total. The quantitative estimate of drug-likeness (QED) is 0.754. The van der Waals surface area contributed by atoms with Gasteiger partial charge < -0.3 is 19.5 Å². The summed E-state index contributed by atoms with van der Waals surface area (Å²) in [7, 11) is 1.55. The van der Waals surface area contributed by atoms with Crippen LogP contribution >= 0.6 is 11.6 Å². The van der Waals surface area contributed by atoms with Gasteiger partial charge in [-0.1, -0.05) is 29.8 Å². The van der Waals surface area contributed by atoms with E-state index in [1.165, 1.54) is 0 Å². The summed E-state index contributed by atoms with van der Waals surface area (Å²) in [6.07, 6.45) is 0. The standard InChI is InChI=1S/C17H18ClNO4/c1-21-15-7-2-3-8-16(15)23-12-17(20)19-9-10-22-14-6-4-5-13(18)11-14/h2-8,11H,9-10,12H2,1H3,(H,19,20). The van der Waals surface area contributed by atoms with E-state index in [1.807, 2.05) is 12.1 Å². The first kappa shape index (κ1) is 17.0. The number of para-hydroxylation sites is 2. The normalized spacial score (nSPS) is 10.0. The molecule has 1 N–H and O–H groups in total. The van der Waals surface area contributed by atoms with Crippen molar-refractivity contribution in [3.8, 4) is 17.2 Å². The number of ether oxygens (including phenoxy) is 3. The summed E-state index contributed by atoms with van der Waals surface area (Å²) in [5.74, 6) is 1.55. The molecule has 0 spiro atoms. The number of hydrogen-bond acceptors (Lipinski definition) is 4. The summed E-state index contributed by atoms with van der Waals surface area (Å²) in [5.41, 5.74) is 0. The van der Waals surface area contributed by atoms with Gasteiger partial charge in [0.1, 0.15) is 12.4 Å². The third kappa shape index (κ3) is 5.71. The molecule has 0 aliphatic rings. The Labute approximate surface area is 140 Å². The molecule has 1 amide bonds. The van der Waals surface area contributed by atoms with Crippen molar-refractivity contribution in [3.05, 3.63) is 53.6 Å². The minimum Gasteiger partial charge on any atom is -0.493 e. The van der Waals surface area contributed by atoms with E-state index >= 15 is 0 Å². The molecule has 0 aromatic heterocycles. The molecular weight excluding hydrogens is 318 g/mol. The third-order valence-corrected chi connectivity index (χ3v) is 3.15. The lowest BCUT2D eigenvalue weighted by molar-refractivity contribution is -0.123. The van der Waals surface area contributed by atoms with Crippen LogP contribution in [0.5, 0.6) is 17.2 Å². The van der Waals surface area contributed by atoms with Crippen molar-refractivity contribution in [2.24, 2.45) is 0 Å². The van der Waals surface area contributed by atoms with E-state index in [9.17, 15) is 4.79 Å². The van der Waals surface area contributed by atoms with E-state index in [2.05, 4.69) is 5.32 Å². The van der Waals surface area contributed by atoms with Crippen molar-refractivity contribution in [2.45, 2.75) is 0 Å². The van der Waals surface area contributed by atoms with E-state index in [1.54, 1.807) is 43.5 Å². The van der Waals surface area contributed by atoms with Crippen molar-refractivity contribution in [1.29, 1.82) is 0 Å². The molecule has 0 bridgehead atoms. The summed E-state index contributed by atoms with van der Waals surface area (Å²) in [4.78, 5) is 11.7. The van der Waals surface area contributed by atoms with Crippen LogP contribution in [0.2, 0.25) is 5.02 Å². The Bertz CT molecular complexity index is 648. The zero-order valence-electron chi connectivity index (χ0n) is 12.8. The maximum atomic E-state index is 11.7. The van der Waals surface area contributed by atoms with Gasteiger partial charge >= 0.3 is 0 Å². The molecule has 0 aliphatic carbocycles. The number of carbonyl (C=O) groups excluding carboxylic acids is 1. The second kappa shape index (κ2) is 8.90. The minimum absolute atomic E-state index is 0.0858. The summed E-state index contributed by atoms with van der Waals surface area (Å²) >= 11 is 5.86.